The Morgan fingerprint density at radius 3 is 2.67 bits per heavy atom. The van der Waals surface area contributed by atoms with Gasteiger partial charge in [0.1, 0.15) is 0 Å². The van der Waals surface area contributed by atoms with Crippen molar-refractivity contribution in [3.05, 3.63) is 0 Å². The average Bonchev–Trinajstić information content (AvgIpc) is 2.30. The number of thiocarbonyl (C=S) groups is 1. The van der Waals surface area contributed by atoms with Crippen LogP contribution in [-0.2, 0) is 0 Å². The lowest BCUT2D eigenvalue weighted by Gasteiger charge is -2.35. The predicted octanol–water partition coefficient (Wildman–Crippen LogP) is 2.25. The molecule has 0 aromatic carbocycles. The van der Waals surface area contributed by atoms with Crippen LogP contribution in [0, 0.1) is 0 Å². The van der Waals surface area contributed by atoms with Crippen LogP contribution < -0.4 is 5.73 Å². The summed E-state index contributed by atoms with van der Waals surface area (Å²) in [5.41, 5.74) is 5.60. The van der Waals surface area contributed by atoms with Crippen LogP contribution in [0.15, 0.2) is 0 Å². The molecule has 0 radical (unpaired) electrons. The Morgan fingerprint density at radius 1 is 1.39 bits per heavy atom. The zero-order valence-electron chi connectivity index (χ0n) is 12.2. The lowest BCUT2D eigenvalue weighted by atomic mass is 9.99. The largest absolute Gasteiger partial charge is 0.393 e. The van der Waals surface area contributed by atoms with Crippen molar-refractivity contribution in [2.45, 2.75) is 58.0 Å². The summed E-state index contributed by atoms with van der Waals surface area (Å²) in [4.78, 5) is 5.66. The van der Waals surface area contributed by atoms with E-state index < -0.39 is 0 Å². The fourth-order valence-electron chi connectivity index (χ4n) is 2.71. The highest BCUT2D eigenvalue weighted by molar-refractivity contribution is 7.80. The van der Waals surface area contributed by atoms with Crippen LogP contribution in [0.1, 0.15) is 46.0 Å². The zero-order chi connectivity index (χ0) is 13.5. The molecule has 106 valence electrons. The molecule has 1 rings (SSSR count). The van der Waals surface area contributed by atoms with Crippen LogP contribution in [-0.4, -0.2) is 53.6 Å². The van der Waals surface area contributed by atoms with E-state index in [1.807, 2.05) is 0 Å². The third-order valence-corrected chi connectivity index (χ3v) is 4.25. The standard InChI is InChI=1S/C14H29N3S/c1-12(2)17(11-8-14(15)18)10-7-13-6-4-5-9-16(13)3/h12-13H,4-11H2,1-3H3,(H2,15,18). The third-order valence-electron chi connectivity index (χ3n) is 4.05. The minimum atomic E-state index is 0.577. The summed E-state index contributed by atoms with van der Waals surface area (Å²) in [5, 5.41) is 0. The van der Waals surface area contributed by atoms with Crippen molar-refractivity contribution < 1.29 is 0 Å². The molecule has 1 atom stereocenters. The maximum absolute atomic E-state index is 5.60. The first kappa shape index (κ1) is 15.9. The summed E-state index contributed by atoms with van der Waals surface area (Å²) >= 11 is 4.97. The molecule has 4 heteroatoms. The third kappa shape index (κ3) is 5.63. The van der Waals surface area contributed by atoms with Gasteiger partial charge in [-0.25, -0.2) is 0 Å². The number of likely N-dealkylation sites (tertiary alicyclic amines) is 1. The average molecular weight is 271 g/mol. The van der Waals surface area contributed by atoms with E-state index in [0.717, 1.165) is 25.6 Å². The normalized spacial score (nSPS) is 21.7. The SMILES string of the molecule is CC(C)N(CCC(N)=S)CCC1CCCCN1C. The molecule has 18 heavy (non-hydrogen) atoms. The number of nitrogens with zero attached hydrogens (tertiary/aromatic N) is 2. The van der Waals surface area contributed by atoms with Crippen LogP contribution in [0.25, 0.3) is 0 Å². The molecular formula is C14H29N3S. The Balaban J connectivity index is 2.33. The summed E-state index contributed by atoms with van der Waals surface area (Å²) < 4.78 is 0. The van der Waals surface area contributed by atoms with Gasteiger partial charge in [0, 0.05) is 25.0 Å². The highest BCUT2D eigenvalue weighted by atomic mass is 32.1. The fourth-order valence-corrected chi connectivity index (χ4v) is 2.80. The molecular weight excluding hydrogens is 242 g/mol. The van der Waals surface area contributed by atoms with E-state index in [0.29, 0.717) is 11.0 Å². The second kappa shape index (κ2) is 8.08. The lowest BCUT2D eigenvalue weighted by Crippen LogP contribution is -2.41. The first-order valence-corrected chi connectivity index (χ1v) is 7.64. The number of nitrogens with two attached hydrogens (primary N) is 1. The van der Waals surface area contributed by atoms with Crippen molar-refractivity contribution in [2.75, 3.05) is 26.7 Å². The van der Waals surface area contributed by atoms with Gasteiger partial charge in [0.15, 0.2) is 0 Å². The molecule has 0 saturated carbocycles. The monoisotopic (exact) mass is 271 g/mol. The summed E-state index contributed by atoms with van der Waals surface area (Å²) in [6.07, 6.45) is 6.23. The molecule has 1 fully saturated rings. The van der Waals surface area contributed by atoms with Crippen LogP contribution in [0.2, 0.25) is 0 Å². The van der Waals surface area contributed by atoms with Gasteiger partial charge < -0.3 is 15.5 Å². The Kier molecular flexibility index (Phi) is 7.12. The van der Waals surface area contributed by atoms with Crippen molar-refractivity contribution >= 4 is 17.2 Å². The van der Waals surface area contributed by atoms with Gasteiger partial charge in [-0.2, -0.15) is 0 Å². The predicted molar refractivity (Wildman–Crippen MR) is 83.0 cm³/mol. The van der Waals surface area contributed by atoms with Crippen LogP contribution >= 0.6 is 12.2 Å². The topological polar surface area (TPSA) is 32.5 Å². The molecule has 0 bridgehead atoms. The number of rotatable bonds is 7. The quantitative estimate of drug-likeness (QED) is 0.720. The van der Waals surface area contributed by atoms with Gasteiger partial charge in [-0.3, -0.25) is 0 Å². The lowest BCUT2D eigenvalue weighted by molar-refractivity contribution is 0.143. The Bertz CT molecular complexity index is 255. The summed E-state index contributed by atoms with van der Waals surface area (Å²) in [7, 11) is 2.26. The second-order valence-electron chi connectivity index (χ2n) is 5.76. The molecule has 0 spiro atoms. The van der Waals surface area contributed by atoms with E-state index in [-0.39, 0.29) is 0 Å². The van der Waals surface area contributed by atoms with E-state index in [4.69, 9.17) is 18.0 Å². The molecule has 0 aliphatic carbocycles. The smallest absolute Gasteiger partial charge is 0.0740 e. The molecule has 1 heterocycles. The van der Waals surface area contributed by atoms with Gasteiger partial charge in [-0.1, -0.05) is 18.6 Å². The molecule has 0 aromatic rings. The van der Waals surface area contributed by atoms with E-state index in [1.165, 1.54) is 32.2 Å². The maximum Gasteiger partial charge on any atom is 0.0740 e. The number of piperidine rings is 1. The fraction of sp³-hybridized carbons (Fsp3) is 0.929. The van der Waals surface area contributed by atoms with E-state index in [1.54, 1.807) is 0 Å². The van der Waals surface area contributed by atoms with Gasteiger partial charge in [0.2, 0.25) is 0 Å². The zero-order valence-corrected chi connectivity index (χ0v) is 13.0. The van der Waals surface area contributed by atoms with Gasteiger partial charge in [0.25, 0.3) is 0 Å². The van der Waals surface area contributed by atoms with Crippen molar-refractivity contribution in [1.82, 2.24) is 9.80 Å². The molecule has 1 aliphatic rings. The highest BCUT2D eigenvalue weighted by Gasteiger charge is 2.20. The van der Waals surface area contributed by atoms with Gasteiger partial charge in [-0.05, 0) is 53.2 Å². The van der Waals surface area contributed by atoms with Crippen molar-refractivity contribution in [2.24, 2.45) is 5.73 Å². The van der Waals surface area contributed by atoms with Crippen molar-refractivity contribution in [1.29, 1.82) is 0 Å². The first-order valence-electron chi connectivity index (χ1n) is 7.23. The summed E-state index contributed by atoms with van der Waals surface area (Å²) in [6, 6.07) is 1.35. The Labute approximate surface area is 118 Å². The van der Waals surface area contributed by atoms with Crippen LogP contribution in [0.5, 0.6) is 0 Å². The second-order valence-corrected chi connectivity index (χ2v) is 6.29. The molecule has 0 aromatic heterocycles. The molecule has 1 saturated heterocycles. The van der Waals surface area contributed by atoms with Gasteiger partial charge in [-0.15, -0.1) is 0 Å². The van der Waals surface area contributed by atoms with Crippen LogP contribution in [0.4, 0.5) is 0 Å². The van der Waals surface area contributed by atoms with Crippen molar-refractivity contribution in [3.63, 3.8) is 0 Å². The molecule has 0 amide bonds. The molecule has 2 N–H and O–H groups in total. The van der Waals surface area contributed by atoms with E-state index >= 15 is 0 Å². The van der Waals surface area contributed by atoms with E-state index in [9.17, 15) is 0 Å². The van der Waals surface area contributed by atoms with Crippen molar-refractivity contribution in [3.8, 4) is 0 Å². The molecule has 1 aliphatic heterocycles. The number of hydrogen-bond donors (Lipinski definition) is 1. The van der Waals surface area contributed by atoms with E-state index in [2.05, 4.69) is 30.7 Å². The highest BCUT2D eigenvalue weighted by Crippen LogP contribution is 2.18. The van der Waals surface area contributed by atoms with Crippen LogP contribution in [0.3, 0.4) is 0 Å². The first-order chi connectivity index (χ1) is 8.50. The minimum absolute atomic E-state index is 0.577. The molecule has 1 unspecified atom stereocenters. The Hall–Kier alpha value is -0.190. The maximum atomic E-state index is 5.60. The molecule has 3 nitrogen and oxygen atoms in total. The Morgan fingerprint density at radius 2 is 2.11 bits per heavy atom. The van der Waals surface area contributed by atoms with Gasteiger partial charge >= 0.3 is 0 Å². The minimum Gasteiger partial charge on any atom is -0.393 e. The number of hydrogen-bond acceptors (Lipinski definition) is 3. The summed E-state index contributed by atoms with van der Waals surface area (Å²) in [5.74, 6) is 0. The van der Waals surface area contributed by atoms with Gasteiger partial charge in [0.05, 0.1) is 4.99 Å². The summed E-state index contributed by atoms with van der Waals surface area (Å²) in [6.45, 7) is 7.94.